The van der Waals surface area contributed by atoms with Gasteiger partial charge in [-0.3, -0.25) is 14.4 Å². The summed E-state index contributed by atoms with van der Waals surface area (Å²) >= 11 is 0. The number of halogens is 3. The number of carbonyl (C=O) groups is 3. The number of benzene rings is 3. The van der Waals surface area contributed by atoms with Gasteiger partial charge < -0.3 is 5.32 Å². The third kappa shape index (κ3) is 2.68. The van der Waals surface area contributed by atoms with Gasteiger partial charge in [0, 0.05) is 27.9 Å². The van der Waals surface area contributed by atoms with Crippen LogP contribution in [0.4, 0.5) is 18.9 Å². The number of hydrogen-bond donors (Lipinski definition) is 1. The van der Waals surface area contributed by atoms with Crippen molar-refractivity contribution in [3.8, 4) is 0 Å². The number of nitrogens with one attached hydrogen (secondary N) is 1. The molecule has 7 heteroatoms. The Labute approximate surface area is 156 Å². The van der Waals surface area contributed by atoms with Crippen LogP contribution in [-0.4, -0.2) is 17.5 Å². The van der Waals surface area contributed by atoms with Gasteiger partial charge in [0.2, 0.25) is 0 Å². The van der Waals surface area contributed by atoms with Crippen molar-refractivity contribution in [1.82, 2.24) is 0 Å². The maximum absolute atomic E-state index is 13.8. The molecule has 0 saturated carbocycles. The lowest BCUT2D eigenvalue weighted by atomic mass is 9.84. The Morgan fingerprint density at radius 1 is 0.714 bits per heavy atom. The molecule has 28 heavy (non-hydrogen) atoms. The van der Waals surface area contributed by atoms with Gasteiger partial charge in [0.25, 0.3) is 5.91 Å². The lowest BCUT2D eigenvalue weighted by Crippen LogP contribution is -2.21. The van der Waals surface area contributed by atoms with E-state index in [-0.39, 0.29) is 33.9 Å². The lowest BCUT2D eigenvalue weighted by molar-refractivity contribution is 0.0979. The number of carbonyl (C=O) groups excluding carboxylic acids is 3. The monoisotopic (exact) mass is 381 g/mol. The predicted octanol–water partition coefficient (Wildman–Crippen LogP) is 4.13. The fourth-order valence-corrected chi connectivity index (χ4v) is 3.08. The zero-order valence-electron chi connectivity index (χ0n) is 14.1. The number of ketones is 2. The van der Waals surface area contributed by atoms with E-state index >= 15 is 0 Å². The predicted molar refractivity (Wildman–Crippen MR) is 94.0 cm³/mol. The average molecular weight is 381 g/mol. The van der Waals surface area contributed by atoms with E-state index in [1.165, 1.54) is 24.3 Å². The van der Waals surface area contributed by atoms with Crippen LogP contribution in [0.25, 0.3) is 0 Å². The van der Waals surface area contributed by atoms with E-state index in [2.05, 4.69) is 5.32 Å². The lowest BCUT2D eigenvalue weighted by Gasteiger charge is -2.18. The van der Waals surface area contributed by atoms with E-state index in [9.17, 15) is 27.6 Å². The number of rotatable bonds is 2. The molecule has 1 amide bonds. The Bertz CT molecular complexity index is 1190. The van der Waals surface area contributed by atoms with Crippen LogP contribution in [-0.2, 0) is 0 Å². The molecule has 0 aliphatic heterocycles. The van der Waals surface area contributed by atoms with Gasteiger partial charge in [0.1, 0.15) is 0 Å². The van der Waals surface area contributed by atoms with Crippen LogP contribution in [0.5, 0.6) is 0 Å². The van der Waals surface area contributed by atoms with Gasteiger partial charge in [-0.05, 0) is 30.3 Å². The molecule has 0 radical (unpaired) electrons. The molecule has 0 aromatic heterocycles. The Balaban J connectivity index is 1.69. The van der Waals surface area contributed by atoms with E-state index in [0.29, 0.717) is 11.6 Å². The topological polar surface area (TPSA) is 63.2 Å². The standard InChI is InChI=1S/C21H10F3NO3/c22-16-8-7-14(17(23)18(16)24)21(28)25-10-5-6-13-15(9-10)20(27)12-4-2-1-3-11(12)19(13)26/h1-9H,(H,25,28). The summed E-state index contributed by atoms with van der Waals surface area (Å²) in [6, 6.07) is 11.9. The zero-order chi connectivity index (χ0) is 20.0. The number of hydrogen-bond acceptors (Lipinski definition) is 3. The fraction of sp³-hybridized carbons (Fsp3) is 0. The average Bonchev–Trinajstić information content (AvgIpc) is 2.70. The third-order valence-electron chi connectivity index (χ3n) is 4.46. The summed E-state index contributed by atoms with van der Waals surface area (Å²) in [4.78, 5) is 37.5. The van der Waals surface area contributed by atoms with Crippen molar-refractivity contribution in [2.75, 3.05) is 5.32 Å². The number of amides is 1. The molecule has 0 unspecified atom stereocenters. The first-order valence-corrected chi connectivity index (χ1v) is 8.16. The van der Waals surface area contributed by atoms with Crippen molar-refractivity contribution >= 4 is 23.2 Å². The summed E-state index contributed by atoms with van der Waals surface area (Å²) < 4.78 is 40.2. The highest BCUT2D eigenvalue weighted by atomic mass is 19.2. The van der Waals surface area contributed by atoms with Crippen molar-refractivity contribution in [1.29, 1.82) is 0 Å². The van der Waals surface area contributed by atoms with Gasteiger partial charge >= 0.3 is 0 Å². The van der Waals surface area contributed by atoms with Crippen molar-refractivity contribution in [2.45, 2.75) is 0 Å². The van der Waals surface area contributed by atoms with Gasteiger partial charge in [-0.25, -0.2) is 13.2 Å². The van der Waals surface area contributed by atoms with Crippen molar-refractivity contribution < 1.29 is 27.6 Å². The summed E-state index contributed by atoms with van der Waals surface area (Å²) in [7, 11) is 0. The van der Waals surface area contributed by atoms with E-state index in [1.54, 1.807) is 18.2 Å². The van der Waals surface area contributed by atoms with Crippen LogP contribution in [0.15, 0.2) is 54.6 Å². The van der Waals surface area contributed by atoms with Crippen molar-refractivity contribution in [3.63, 3.8) is 0 Å². The van der Waals surface area contributed by atoms with E-state index in [1.807, 2.05) is 0 Å². The van der Waals surface area contributed by atoms with Crippen LogP contribution < -0.4 is 5.32 Å². The minimum Gasteiger partial charge on any atom is -0.322 e. The van der Waals surface area contributed by atoms with Gasteiger partial charge in [-0.15, -0.1) is 0 Å². The molecule has 0 fully saturated rings. The molecule has 0 atom stereocenters. The van der Waals surface area contributed by atoms with Gasteiger partial charge in [0.05, 0.1) is 5.56 Å². The molecule has 0 saturated heterocycles. The van der Waals surface area contributed by atoms with E-state index < -0.39 is 28.9 Å². The Morgan fingerprint density at radius 3 is 2.00 bits per heavy atom. The van der Waals surface area contributed by atoms with Crippen molar-refractivity contribution in [2.24, 2.45) is 0 Å². The molecule has 0 spiro atoms. The van der Waals surface area contributed by atoms with Gasteiger partial charge in [0.15, 0.2) is 29.0 Å². The van der Waals surface area contributed by atoms with Crippen LogP contribution in [0.2, 0.25) is 0 Å². The van der Waals surface area contributed by atoms with Crippen molar-refractivity contribution in [3.05, 3.63) is 99.9 Å². The second kappa shape index (κ2) is 6.45. The first kappa shape index (κ1) is 17.7. The Morgan fingerprint density at radius 2 is 1.32 bits per heavy atom. The van der Waals surface area contributed by atoms with Gasteiger partial charge in [-0.1, -0.05) is 24.3 Å². The van der Waals surface area contributed by atoms with Crippen LogP contribution in [0, 0.1) is 17.5 Å². The second-order valence-corrected chi connectivity index (χ2v) is 6.14. The highest BCUT2D eigenvalue weighted by molar-refractivity contribution is 6.28. The summed E-state index contributed by atoms with van der Waals surface area (Å²) in [6.07, 6.45) is 0. The molecular formula is C21H10F3NO3. The number of anilines is 1. The molecule has 4 nitrogen and oxygen atoms in total. The SMILES string of the molecule is O=C1c2ccccc2C(=O)c2cc(NC(=O)c3ccc(F)c(F)c3F)ccc21. The largest absolute Gasteiger partial charge is 0.322 e. The molecule has 138 valence electrons. The van der Waals surface area contributed by atoms with Crippen LogP contribution in [0.1, 0.15) is 42.2 Å². The normalized spacial score (nSPS) is 12.4. The molecule has 3 aromatic carbocycles. The Kier molecular flexibility index (Phi) is 4.07. The molecule has 0 bridgehead atoms. The zero-order valence-corrected chi connectivity index (χ0v) is 14.1. The maximum Gasteiger partial charge on any atom is 0.258 e. The first-order chi connectivity index (χ1) is 13.4. The quantitative estimate of drug-likeness (QED) is 0.531. The molecule has 0 heterocycles. The smallest absolute Gasteiger partial charge is 0.258 e. The molecule has 1 aliphatic rings. The van der Waals surface area contributed by atoms with E-state index in [4.69, 9.17) is 0 Å². The Hall–Kier alpha value is -3.74. The molecule has 1 aliphatic carbocycles. The third-order valence-corrected chi connectivity index (χ3v) is 4.46. The summed E-state index contributed by atoms with van der Waals surface area (Å²) in [5, 5.41) is 2.32. The molecular weight excluding hydrogens is 371 g/mol. The fourth-order valence-electron chi connectivity index (χ4n) is 3.08. The maximum atomic E-state index is 13.8. The van der Waals surface area contributed by atoms with Crippen LogP contribution >= 0.6 is 0 Å². The molecule has 4 rings (SSSR count). The molecule has 3 aromatic rings. The van der Waals surface area contributed by atoms with E-state index in [0.717, 1.165) is 6.07 Å². The second-order valence-electron chi connectivity index (χ2n) is 6.14. The minimum atomic E-state index is -1.75. The summed E-state index contributed by atoms with van der Waals surface area (Å²) in [5.74, 6) is -6.52. The summed E-state index contributed by atoms with van der Waals surface area (Å²) in [6.45, 7) is 0. The minimum absolute atomic E-state index is 0.0901. The first-order valence-electron chi connectivity index (χ1n) is 8.16. The highest BCUT2D eigenvalue weighted by Crippen LogP contribution is 2.29. The highest BCUT2D eigenvalue weighted by Gasteiger charge is 2.29. The summed E-state index contributed by atoms with van der Waals surface area (Å²) in [5.41, 5.74) is 0.224. The molecule has 1 N–H and O–H groups in total. The number of fused-ring (bicyclic) bond motifs is 2. The van der Waals surface area contributed by atoms with Crippen LogP contribution in [0.3, 0.4) is 0 Å². The van der Waals surface area contributed by atoms with Gasteiger partial charge in [-0.2, -0.15) is 0 Å².